The van der Waals surface area contributed by atoms with Crippen molar-refractivity contribution in [3.63, 3.8) is 0 Å². The van der Waals surface area contributed by atoms with E-state index in [1.54, 1.807) is 11.9 Å². The molecule has 0 atom stereocenters. The van der Waals surface area contributed by atoms with Crippen LogP contribution in [0.5, 0.6) is 0 Å². The summed E-state index contributed by atoms with van der Waals surface area (Å²) < 4.78 is 0. The Bertz CT molecular complexity index is 419. The molecule has 1 rings (SSSR count). The quantitative estimate of drug-likeness (QED) is 0.816. The summed E-state index contributed by atoms with van der Waals surface area (Å²) in [5, 5.41) is 0. The van der Waals surface area contributed by atoms with Crippen molar-refractivity contribution in [1.82, 2.24) is 9.88 Å². The van der Waals surface area contributed by atoms with Crippen molar-refractivity contribution in [1.29, 1.82) is 0 Å². The Kier molecular flexibility index (Phi) is 3.75. The fourth-order valence-electron chi connectivity index (χ4n) is 1.10. The van der Waals surface area contributed by atoms with Crippen LogP contribution in [0.1, 0.15) is 24.2 Å². The van der Waals surface area contributed by atoms with Gasteiger partial charge in [0.2, 0.25) is 5.56 Å². The largest absolute Gasteiger partial charge is 0.335 e. The number of carbonyl (C=O) groups excluding carboxylic acids is 1. The summed E-state index contributed by atoms with van der Waals surface area (Å²) in [5.41, 5.74) is -0.203. The Balaban J connectivity index is 2.94. The zero-order chi connectivity index (χ0) is 12.3. The predicted molar refractivity (Wildman–Crippen MR) is 64.0 cm³/mol. The third kappa shape index (κ3) is 2.64. The monoisotopic (exact) mass is 242 g/mol. The molecule has 1 aromatic heterocycles. The molecule has 0 saturated carbocycles. The first-order valence-corrected chi connectivity index (χ1v) is 5.45. The molecule has 1 amide bonds. The molecule has 88 valence electrons. The zero-order valence-electron chi connectivity index (χ0n) is 9.58. The minimum atomic E-state index is -0.422. The molecule has 0 aliphatic heterocycles. The number of amides is 1. The van der Waals surface area contributed by atoms with Gasteiger partial charge in [0, 0.05) is 25.2 Å². The van der Waals surface area contributed by atoms with Crippen LogP contribution >= 0.6 is 11.6 Å². The Morgan fingerprint density at radius 3 is 2.56 bits per heavy atom. The van der Waals surface area contributed by atoms with Crippen molar-refractivity contribution in [3.05, 3.63) is 34.2 Å². The maximum absolute atomic E-state index is 12.0. The Hall–Kier alpha value is -1.29. The van der Waals surface area contributed by atoms with Gasteiger partial charge in [0.15, 0.2) is 0 Å². The summed E-state index contributed by atoms with van der Waals surface area (Å²) in [4.78, 5) is 26.9. The van der Waals surface area contributed by atoms with Crippen molar-refractivity contribution in [2.24, 2.45) is 0 Å². The third-order valence-corrected chi connectivity index (χ3v) is 3.22. The second kappa shape index (κ2) is 4.70. The van der Waals surface area contributed by atoms with Gasteiger partial charge in [-0.25, -0.2) is 0 Å². The van der Waals surface area contributed by atoms with Crippen molar-refractivity contribution in [2.75, 3.05) is 12.9 Å². The summed E-state index contributed by atoms with van der Waals surface area (Å²) in [7, 11) is 1.69. The molecule has 16 heavy (non-hydrogen) atoms. The molecule has 0 aliphatic carbocycles. The van der Waals surface area contributed by atoms with E-state index in [4.69, 9.17) is 11.6 Å². The number of aromatic nitrogens is 1. The standard InChI is InChI=1S/C11H15ClN2O2/c1-11(2,7-12)14(3)10(16)8-4-5-9(15)13-6-8/h4-6H,7H2,1-3H3,(H,13,15). The van der Waals surface area contributed by atoms with Crippen molar-refractivity contribution in [2.45, 2.75) is 19.4 Å². The van der Waals surface area contributed by atoms with E-state index in [9.17, 15) is 9.59 Å². The number of aromatic amines is 1. The lowest BCUT2D eigenvalue weighted by atomic mass is 10.1. The number of hydrogen-bond acceptors (Lipinski definition) is 2. The van der Waals surface area contributed by atoms with E-state index in [1.165, 1.54) is 18.3 Å². The number of pyridine rings is 1. The number of nitrogens with zero attached hydrogens (tertiary/aromatic N) is 1. The van der Waals surface area contributed by atoms with E-state index in [0.29, 0.717) is 11.4 Å². The first kappa shape index (κ1) is 12.8. The van der Waals surface area contributed by atoms with Gasteiger partial charge in [-0.1, -0.05) is 0 Å². The molecule has 0 saturated heterocycles. The van der Waals surface area contributed by atoms with Crippen molar-refractivity contribution in [3.8, 4) is 0 Å². The molecule has 4 nitrogen and oxygen atoms in total. The third-order valence-electron chi connectivity index (χ3n) is 2.57. The number of alkyl halides is 1. The molecule has 0 fully saturated rings. The molecular formula is C11H15ClN2O2. The molecule has 5 heteroatoms. The van der Waals surface area contributed by atoms with Gasteiger partial charge in [0.25, 0.3) is 5.91 Å². The maximum Gasteiger partial charge on any atom is 0.255 e. The lowest BCUT2D eigenvalue weighted by Crippen LogP contribution is -2.46. The number of nitrogens with one attached hydrogen (secondary N) is 1. The molecular weight excluding hydrogens is 228 g/mol. The van der Waals surface area contributed by atoms with Gasteiger partial charge >= 0.3 is 0 Å². The van der Waals surface area contributed by atoms with Gasteiger partial charge < -0.3 is 9.88 Å². The second-order valence-electron chi connectivity index (χ2n) is 4.25. The average molecular weight is 243 g/mol. The molecule has 1 heterocycles. The highest BCUT2D eigenvalue weighted by Gasteiger charge is 2.27. The highest BCUT2D eigenvalue weighted by atomic mass is 35.5. The Morgan fingerprint density at radius 1 is 1.50 bits per heavy atom. The first-order chi connectivity index (χ1) is 7.38. The van der Waals surface area contributed by atoms with Gasteiger partial charge in [0.05, 0.1) is 11.1 Å². The molecule has 1 N–H and O–H groups in total. The summed E-state index contributed by atoms with van der Waals surface area (Å²) in [5.74, 6) is 0.181. The van der Waals surface area contributed by atoms with Crippen molar-refractivity contribution >= 4 is 17.5 Å². The SMILES string of the molecule is CN(C(=O)c1ccc(=O)[nH]c1)C(C)(C)CCl. The van der Waals surface area contributed by atoms with Crippen LogP contribution in [0.25, 0.3) is 0 Å². The van der Waals surface area contributed by atoms with Crippen LogP contribution in [-0.4, -0.2) is 34.3 Å². The lowest BCUT2D eigenvalue weighted by Gasteiger charge is -2.33. The predicted octanol–water partition coefficient (Wildman–Crippen LogP) is 1.46. The summed E-state index contributed by atoms with van der Waals surface area (Å²) in [6, 6.07) is 2.83. The molecule has 0 bridgehead atoms. The number of halogens is 1. The lowest BCUT2D eigenvalue weighted by molar-refractivity contribution is 0.0660. The first-order valence-electron chi connectivity index (χ1n) is 4.91. The Labute approximate surface area is 99.2 Å². The van der Waals surface area contributed by atoms with Gasteiger partial charge in [-0.2, -0.15) is 0 Å². The van der Waals surface area contributed by atoms with E-state index in [-0.39, 0.29) is 11.5 Å². The number of carbonyl (C=O) groups is 1. The van der Waals surface area contributed by atoms with Crippen LogP contribution < -0.4 is 5.56 Å². The van der Waals surface area contributed by atoms with E-state index in [0.717, 1.165) is 0 Å². The van der Waals surface area contributed by atoms with Crippen LogP contribution in [0.4, 0.5) is 0 Å². The minimum Gasteiger partial charge on any atom is -0.335 e. The highest BCUT2D eigenvalue weighted by molar-refractivity contribution is 6.18. The summed E-state index contributed by atoms with van der Waals surface area (Å²) >= 11 is 5.79. The molecule has 0 aliphatic rings. The van der Waals surface area contributed by atoms with Gasteiger partial charge in [-0.3, -0.25) is 9.59 Å². The van der Waals surface area contributed by atoms with Crippen LogP contribution in [0.15, 0.2) is 23.1 Å². The molecule has 0 unspecified atom stereocenters. The molecule has 0 radical (unpaired) electrons. The fourth-order valence-corrected chi connectivity index (χ4v) is 1.28. The summed E-state index contributed by atoms with van der Waals surface area (Å²) in [6.45, 7) is 3.76. The van der Waals surface area contributed by atoms with Crippen LogP contribution in [0, 0.1) is 0 Å². The zero-order valence-corrected chi connectivity index (χ0v) is 10.3. The second-order valence-corrected chi connectivity index (χ2v) is 4.52. The molecule has 1 aromatic rings. The van der Waals surface area contributed by atoms with Crippen LogP contribution in [-0.2, 0) is 0 Å². The maximum atomic E-state index is 12.0. The van der Waals surface area contributed by atoms with E-state index >= 15 is 0 Å². The van der Waals surface area contributed by atoms with Crippen LogP contribution in [0.2, 0.25) is 0 Å². The molecule has 0 spiro atoms. The van der Waals surface area contributed by atoms with E-state index < -0.39 is 5.54 Å². The topological polar surface area (TPSA) is 53.2 Å². The Morgan fingerprint density at radius 2 is 2.12 bits per heavy atom. The van der Waals surface area contributed by atoms with Crippen LogP contribution in [0.3, 0.4) is 0 Å². The van der Waals surface area contributed by atoms with Gasteiger partial charge in [-0.15, -0.1) is 11.6 Å². The van der Waals surface area contributed by atoms with E-state index in [1.807, 2.05) is 13.8 Å². The minimum absolute atomic E-state index is 0.165. The van der Waals surface area contributed by atoms with Gasteiger partial charge in [0.1, 0.15) is 0 Å². The smallest absolute Gasteiger partial charge is 0.255 e. The average Bonchev–Trinajstić information content (AvgIpc) is 2.28. The number of H-pyrrole nitrogens is 1. The normalized spacial score (nSPS) is 11.2. The molecule has 0 aromatic carbocycles. The van der Waals surface area contributed by atoms with Gasteiger partial charge in [-0.05, 0) is 19.9 Å². The summed E-state index contributed by atoms with van der Waals surface area (Å²) in [6.07, 6.45) is 1.41. The highest BCUT2D eigenvalue weighted by Crippen LogP contribution is 2.16. The number of hydrogen-bond donors (Lipinski definition) is 1. The van der Waals surface area contributed by atoms with Crippen molar-refractivity contribution < 1.29 is 4.79 Å². The number of rotatable bonds is 3. The van der Waals surface area contributed by atoms with E-state index in [2.05, 4.69) is 4.98 Å². The fraction of sp³-hybridized carbons (Fsp3) is 0.455.